The maximum atomic E-state index is 13.9. The number of anilines is 1. The molecule has 2 rings (SSSR count). The predicted octanol–water partition coefficient (Wildman–Crippen LogP) is 4.81. The number of benzene rings is 2. The largest absolute Gasteiger partial charge is 0.454 e. The first kappa shape index (κ1) is 14.4. The lowest BCUT2D eigenvalue weighted by atomic mass is 9.86. The van der Waals surface area contributed by atoms with Crippen molar-refractivity contribution in [1.29, 1.82) is 0 Å². The molecule has 0 unspecified atom stereocenters. The van der Waals surface area contributed by atoms with Crippen LogP contribution in [0.15, 0.2) is 36.4 Å². The number of ether oxygens (including phenoxy) is 1. The summed E-state index contributed by atoms with van der Waals surface area (Å²) in [7, 11) is 0. The molecule has 2 N–H and O–H groups in total. The molecule has 0 aliphatic heterocycles. The Labute approximate surface area is 119 Å². The van der Waals surface area contributed by atoms with Crippen molar-refractivity contribution >= 4 is 5.69 Å². The summed E-state index contributed by atoms with van der Waals surface area (Å²) in [5.74, 6) is 0.419. The van der Waals surface area contributed by atoms with Crippen molar-refractivity contribution in [1.82, 2.24) is 0 Å². The summed E-state index contributed by atoms with van der Waals surface area (Å²) in [5.41, 5.74) is 7.97. The molecule has 0 atom stereocenters. The highest BCUT2D eigenvalue weighted by molar-refractivity contribution is 5.47. The molecule has 0 fully saturated rings. The van der Waals surface area contributed by atoms with Crippen molar-refractivity contribution in [3.05, 3.63) is 53.3 Å². The summed E-state index contributed by atoms with van der Waals surface area (Å²) in [6, 6.07) is 10.4. The molecule has 0 bridgehead atoms. The van der Waals surface area contributed by atoms with E-state index in [1.54, 1.807) is 12.1 Å². The predicted molar refractivity (Wildman–Crippen MR) is 80.8 cm³/mol. The average molecular weight is 273 g/mol. The molecule has 2 nitrogen and oxygen atoms in total. The summed E-state index contributed by atoms with van der Waals surface area (Å²) in [4.78, 5) is 0. The van der Waals surface area contributed by atoms with Gasteiger partial charge in [-0.05, 0) is 36.1 Å². The van der Waals surface area contributed by atoms with Crippen molar-refractivity contribution in [3.63, 3.8) is 0 Å². The average Bonchev–Trinajstić information content (AvgIpc) is 2.31. The quantitative estimate of drug-likeness (QED) is 0.797. The van der Waals surface area contributed by atoms with E-state index in [4.69, 9.17) is 10.5 Å². The van der Waals surface area contributed by atoms with E-state index in [9.17, 15) is 4.39 Å². The van der Waals surface area contributed by atoms with Crippen LogP contribution >= 0.6 is 0 Å². The van der Waals surface area contributed by atoms with Crippen LogP contribution in [0.5, 0.6) is 11.5 Å². The summed E-state index contributed by atoms with van der Waals surface area (Å²) in [6.45, 7) is 8.29. The minimum atomic E-state index is -0.452. The Bertz CT molecular complexity index is 629. The number of halogens is 1. The van der Waals surface area contributed by atoms with Gasteiger partial charge in [0.1, 0.15) is 5.75 Å². The Kier molecular flexibility index (Phi) is 3.71. The maximum Gasteiger partial charge on any atom is 0.167 e. The molecule has 0 amide bonds. The van der Waals surface area contributed by atoms with Gasteiger partial charge in [-0.2, -0.15) is 0 Å². The van der Waals surface area contributed by atoms with Gasteiger partial charge in [-0.15, -0.1) is 0 Å². The van der Waals surface area contributed by atoms with Gasteiger partial charge in [-0.25, -0.2) is 4.39 Å². The molecule has 2 aromatic rings. The molecule has 0 saturated heterocycles. The lowest BCUT2D eigenvalue weighted by Crippen LogP contribution is -2.12. The number of hydrogen-bond acceptors (Lipinski definition) is 2. The van der Waals surface area contributed by atoms with E-state index < -0.39 is 5.82 Å². The fraction of sp³-hybridized carbons (Fsp3) is 0.294. The molecule has 20 heavy (non-hydrogen) atoms. The van der Waals surface area contributed by atoms with Crippen molar-refractivity contribution in [2.24, 2.45) is 0 Å². The highest BCUT2D eigenvalue weighted by Crippen LogP contribution is 2.35. The van der Waals surface area contributed by atoms with Gasteiger partial charge in [0, 0.05) is 17.3 Å². The second-order valence-electron chi connectivity index (χ2n) is 6.04. The normalized spacial score (nSPS) is 11.4. The molecule has 3 heteroatoms. The Morgan fingerprint density at radius 3 is 2.30 bits per heavy atom. The monoisotopic (exact) mass is 273 g/mol. The van der Waals surface area contributed by atoms with Gasteiger partial charge in [0.25, 0.3) is 0 Å². The van der Waals surface area contributed by atoms with Gasteiger partial charge in [-0.3, -0.25) is 0 Å². The molecule has 0 radical (unpaired) electrons. The van der Waals surface area contributed by atoms with E-state index in [1.807, 2.05) is 25.1 Å². The minimum absolute atomic E-state index is 0.0761. The zero-order chi connectivity index (χ0) is 14.9. The Balaban J connectivity index is 2.45. The van der Waals surface area contributed by atoms with Gasteiger partial charge in [0.2, 0.25) is 0 Å². The zero-order valence-corrected chi connectivity index (χ0v) is 12.3. The van der Waals surface area contributed by atoms with E-state index >= 15 is 0 Å². The van der Waals surface area contributed by atoms with Gasteiger partial charge in [-0.1, -0.05) is 32.9 Å². The molecule has 2 aromatic carbocycles. The van der Waals surface area contributed by atoms with Crippen LogP contribution in [0.2, 0.25) is 0 Å². The zero-order valence-electron chi connectivity index (χ0n) is 12.3. The van der Waals surface area contributed by atoms with Crippen molar-refractivity contribution in [2.75, 3.05) is 5.73 Å². The van der Waals surface area contributed by atoms with Crippen LogP contribution in [0, 0.1) is 12.7 Å². The van der Waals surface area contributed by atoms with E-state index in [-0.39, 0.29) is 11.2 Å². The Morgan fingerprint density at radius 2 is 1.70 bits per heavy atom. The van der Waals surface area contributed by atoms with Crippen LogP contribution in [-0.2, 0) is 5.41 Å². The van der Waals surface area contributed by atoms with Crippen LogP contribution in [0.1, 0.15) is 31.9 Å². The molecular formula is C17H20FNO. The maximum absolute atomic E-state index is 13.9. The standard InChI is InChI=1S/C17H20FNO/c1-11-5-7-13(17(2,3)4)16(9-11)20-15-8-6-12(19)10-14(15)18/h5-10H,19H2,1-4H3. The van der Waals surface area contributed by atoms with E-state index in [1.165, 1.54) is 6.07 Å². The van der Waals surface area contributed by atoms with Crippen LogP contribution in [-0.4, -0.2) is 0 Å². The van der Waals surface area contributed by atoms with E-state index in [2.05, 4.69) is 20.8 Å². The second-order valence-corrected chi connectivity index (χ2v) is 6.04. The number of aryl methyl sites for hydroxylation is 1. The first-order valence-electron chi connectivity index (χ1n) is 6.61. The topological polar surface area (TPSA) is 35.2 Å². The van der Waals surface area contributed by atoms with Crippen LogP contribution in [0.25, 0.3) is 0 Å². The third-order valence-corrected chi connectivity index (χ3v) is 3.12. The molecule has 0 saturated carbocycles. The highest BCUT2D eigenvalue weighted by atomic mass is 19.1. The summed E-state index contributed by atoms with van der Waals surface area (Å²) in [5, 5.41) is 0. The number of nitrogens with two attached hydrogens (primary N) is 1. The summed E-state index contributed by atoms with van der Waals surface area (Å²) >= 11 is 0. The molecule has 0 heterocycles. The van der Waals surface area contributed by atoms with Gasteiger partial charge in [0.05, 0.1) is 0 Å². The molecule has 106 valence electrons. The van der Waals surface area contributed by atoms with Crippen molar-refractivity contribution < 1.29 is 9.13 Å². The molecule has 0 aromatic heterocycles. The third kappa shape index (κ3) is 3.10. The first-order chi connectivity index (χ1) is 9.27. The third-order valence-electron chi connectivity index (χ3n) is 3.12. The summed E-state index contributed by atoms with van der Waals surface area (Å²) in [6.07, 6.45) is 0. The smallest absolute Gasteiger partial charge is 0.167 e. The van der Waals surface area contributed by atoms with E-state index in [0.29, 0.717) is 11.4 Å². The Morgan fingerprint density at radius 1 is 1.00 bits per heavy atom. The van der Waals surface area contributed by atoms with Crippen LogP contribution in [0.4, 0.5) is 10.1 Å². The molecule has 0 aliphatic carbocycles. The van der Waals surface area contributed by atoms with Crippen molar-refractivity contribution in [3.8, 4) is 11.5 Å². The van der Waals surface area contributed by atoms with E-state index in [0.717, 1.165) is 11.1 Å². The van der Waals surface area contributed by atoms with Gasteiger partial charge < -0.3 is 10.5 Å². The first-order valence-corrected chi connectivity index (χ1v) is 6.61. The molecule has 0 spiro atoms. The number of nitrogen functional groups attached to an aromatic ring is 1. The number of hydrogen-bond donors (Lipinski definition) is 1. The molecular weight excluding hydrogens is 253 g/mol. The number of rotatable bonds is 2. The van der Waals surface area contributed by atoms with Gasteiger partial charge in [0.15, 0.2) is 11.6 Å². The fourth-order valence-corrected chi connectivity index (χ4v) is 2.05. The Hall–Kier alpha value is -2.03. The lowest BCUT2D eigenvalue weighted by Gasteiger charge is -2.23. The fourth-order valence-electron chi connectivity index (χ4n) is 2.05. The summed E-state index contributed by atoms with van der Waals surface area (Å²) < 4.78 is 19.6. The second kappa shape index (κ2) is 5.16. The van der Waals surface area contributed by atoms with Crippen LogP contribution in [0.3, 0.4) is 0 Å². The minimum Gasteiger partial charge on any atom is -0.454 e. The van der Waals surface area contributed by atoms with Crippen LogP contribution < -0.4 is 10.5 Å². The lowest BCUT2D eigenvalue weighted by molar-refractivity contribution is 0.425. The van der Waals surface area contributed by atoms with Gasteiger partial charge >= 0.3 is 0 Å². The van der Waals surface area contributed by atoms with Crippen molar-refractivity contribution in [2.45, 2.75) is 33.1 Å². The highest BCUT2D eigenvalue weighted by Gasteiger charge is 2.20. The molecule has 0 aliphatic rings. The SMILES string of the molecule is Cc1ccc(C(C)(C)C)c(Oc2ccc(N)cc2F)c1.